The molecule has 0 spiro atoms. The van der Waals surface area contributed by atoms with Crippen molar-refractivity contribution in [3.8, 4) is 6.07 Å². The Kier molecular flexibility index (Phi) is 4.22. The predicted octanol–water partition coefficient (Wildman–Crippen LogP) is 3.27. The van der Waals surface area contributed by atoms with E-state index < -0.39 is 5.60 Å². The number of hydrogen-bond acceptors (Lipinski definition) is 5. The molecule has 0 N–H and O–H groups in total. The Morgan fingerprint density at radius 1 is 1.46 bits per heavy atom. The Morgan fingerprint density at radius 2 is 2.21 bits per heavy atom. The van der Waals surface area contributed by atoms with Crippen LogP contribution in [0.15, 0.2) is 12.3 Å². The molecule has 126 valence electrons. The molecule has 0 radical (unpaired) electrons. The van der Waals surface area contributed by atoms with Crippen molar-refractivity contribution in [1.82, 2.24) is 14.9 Å². The fourth-order valence-corrected chi connectivity index (χ4v) is 3.37. The summed E-state index contributed by atoms with van der Waals surface area (Å²) in [5, 5.41) is 9.48. The van der Waals surface area contributed by atoms with E-state index in [1.165, 1.54) is 6.20 Å². The van der Waals surface area contributed by atoms with Crippen LogP contribution in [0.4, 0.5) is 4.79 Å². The number of allylic oxidation sites excluding steroid dienone is 1. The quantitative estimate of drug-likeness (QED) is 0.779. The van der Waals surface area contributed by atoms with Crippen LogP contribution in [0.2, 0.25) is 5.15 Å². The molecular weight excluding hydrogens is 328 g/mol. The minimum atomic E-state index is -0.492. The third-order valence-corrected chi connectivity index (χ3v) is 4.38. The molecule has 2 aliphatic rings. The van der Waals surface area contributed by atoms with Gasteiger partial charge in [0.1, 0.15) is 22.5 Å². The first-order chi connectivity index (χ1) is 11.3. The standard InChI is InChI=1S/C17H19ClN4O2/c1-17(2,3)24-16(23)22-8-11-4-10(5-12(11)9-22)15-13(6-19)20-7-14(18)21-15/h4,7,11-12H,5,8-9H2,1-3H3. The zero-order valence-corrected chi connectivity index (χ0v) is 14.7. The molecule has 1 fully saturated rings. The van der Waals surface area contributed by atoms with Crippen LogP contribution >= 0.6 is 11.6 Å². The predicted molar refractivity (Wildman–Crippen MR) is 89.1 cm³/mol. The lowest BCUT2D eigenvalue weighted by atomic mass is 9.99. The van der Waals surface area contributed by atoms with Crippen LogP contribution in [-0.2, 0) is 4.74 Å². The van der Waals surface area contributed by atoms with Gasteiger partial charge in [-0.1, -0.05) is 17.7 Å². The second-order valence-electron chi connectivity index (χ2n) is 7.21. The Balaban J connectivity index is 1.74. The lowest BCUT2D eigenvalue weighted by Crippen LogP contribution is -2.35. The van der Waals surface area contributed by atoms with Gasteiger partial charge in [-0.3, -0.25) is 0 Å². The summed E-state index contributed by atoms with van der Waals surface area (Å²) in [4.78, 5) is 22.2. The largest absolute Gasteiger partial charge is 0.444 e. The van der Waals surface area contributed by atoms with Crippen molar-refractivity contribution < 1.29 is 9.53 Å². The maximum absolute atomic E-state index is 12.2. The summed E-state index contributed by atoms with van der Waals surface area (Å²) in [5.41, 5.74) is 1.34. The van der Waals surface area contributed by atoms with E-state index in [1.807, 2.05) is 20.8 Å². The van der Waals surface area contributed by atoms with E-state index in [9.17, 15) is 10.1 Å². The number of aromatic nitrogens is 2. The minimum Gasteiger partial charge on any atom is -0.444 e. The number of fused-ring (bicyclic) bond motifs is 1. The molecule has 1 aromatic rings. The molecule has 24 heavy (non-hydrogen) atoms. The summed E-state index contributed by atoms with van der Waals surface area (Å²) in [6.07, 6.45) is 3.96. The van der Waals surface area contributed by atoms with Crippen LogP contribution < -0.4 is 0 Å². The van der Waals surface area contributed by atoms with Crippen molar-refractivity contribution in [1.29, 1.82) is 5.26 Å². The van der Waals surface area contributed by atoms with Gasteiger partial charge in [-0.2, -0.15) is 5.26 Å². The molecule has 7 heteroatoms. The Labute approximate surface area is 146 Å². The number of ether oxygens (including phenoxy) is 1. The second-order valence-corrected chi connectivity index (χ2v) is 7.59. The molecule has 2 atom stereocenters. The lowest BCUT2D eigenvalue weighted by molar-refractivity contribution is 0.0285. The highest BCUT2D eigenvalue weighted by atomic mass is 35.5. The van der Waals surface area contributed by atoms with Gasteiger partial charge in [-0.05, 0) is 38.7 Å². The number of nitriles is 1. The summed E-state index contributed by atoms with van der Waals surface area (Å²) in [6.45, 7) is 6.86. The molecule has 2 unspecified atom stereocenters. The number of carbonyl (C=O) groups excluding carboxylic acids is 1. The molecule has 1 aromatic heterocycles. The monoisotopic (exact) mass is 346 g/mol. The van der Waals surface area contributed by atoms with E-state index >= 15 is 0 Å². The maximum atomic E-state index is 12.2. The molecule has 2 heterocycles. The fraction of sp³-hybridized carbons (Fsp3) is 0.529. The Morgan fingerprint density at radius 3 is 2.83 bits per heavy atom. The minimum absolute atomic E-state index is 0.250. The maximum Gasteiger partial charge on any atom is 0.410 e. The summed E-state index contributed by atoms with van der Waals surface area (Å²) in [7, 11) is 0. The van der Waals surface area contributed by atoms with Crippen molar-refractivity contribution in [3.63, 3.8) is 0 Å². The first kappa shape index (κ1) is 16.7. The summed E-state index contributed by atoms with van der Waals surface area (Å²) in [5.74, 6) is 0.569. The normalized spacial score (nSPS) is 22.8. The van der Waals surface area contributed by atoms with Crippen molar-refractivity contribution in [2.24, 2.45) is 11.8 Å². The van der Waals surface area contributed by atoms with Gasteiger partial charge in [0, 0.05) is 19.0 Å². The van der Waals surface area contributed by atoms with Gasteiger partial charge in [-0.25, -0.2) is 14.8 Å². The van der Waals surface area contributed by atoms with Crippen LogP contribution in [0.25, 0.3) is 5.57 Å². The summed E-state index contributed by atoms with van der Waals surface area (Å²) < 4.78 is 5.43. The number of carbonyl (C=O) groups is 1. The zero-order chi connectivity index (χ0) is 17.5. The van der Waals surface area contributed by atoms with Crippen LogP contribution in [0.1, 0.15) is 38.6 Å². The molecule has 1 saturated heterocycles. The third-order valence-electron chi connectivity index (χ3n) is 4.19. The van der Waals surface area contributed by atoms with Crippen molar-refractivity contribution in [2.45, 2.75) is 32.8 Å². The van der Waals surface area contributed by atoms with Gasteiger partial charge in [0.15, 0.2) is 5.69 Å². The number of hydrogen-bond donors (Lipinski definition) is 0. The van der Waals surface area contributed by atoms with Gasteiger partial charge in [0.2, 0.25) is 0 Å². The van der Waals surface area contributed by atoms with Gasteiger partial charge in [-0.15, -0.1) is 0 Å². The third kappa shape index (κ3) is 3.36. The van der Waals surface area contributed by atoms with E-state index in [0.29, 0.717) is 24.7 Å². The van der Waals surface area contributed by atoms with Crippen molar-refractivity contribution in [3.05, 3.63) is 28.8 Å². The van der Waals surface area contributed by atoms with Crippen LogP contribution in [0.5, 0.6) is 0 Å². The zero-order valence-electron chi connectivity index (χ0n) is 13.9. The van der Waals surface area contributed by atoms with E-state index in [1.54, 1.807) is 4.90 Å². The van der Waals surface area contributed by atoms with E-state index in [-0.39, 0.29) is 22.9 Å². The summed E-state index contributed by atoms with van der Waals surface area (Å²) >= 11 is 5.92. The number of amides is 1. The molecule has 1 aliphatic heterocycles. The highest BCUT2D eigenvalue weighted by Gasteiger charge is 2.40. The molecule has 0 saturated carbocycles. The van der Waals surface area contributed by atoms with E-state index in [2.05, 4.69) is 22.1 Å². The van der Waals surface area contributed by atoms with Crippen LogP contribution in [0, 0.1) is 23.2 Å². The van der Waals surface area contributed by atoms with E-state index in [4.69, 9.17) is 16.3 Å². The molecule has 0 bridgehead atoms. The fourth-order valence-electron chi connectivity index (χ4n) is 3.23. The Bertz CT molecular complexity index is 748. The molecule has 0 aromatic carbocycles. The second kappa shape index (κ2) is 6.06. The van der Waals surface area contributed by atoms with Crippen molar-refractivity contribution >= 4 is 23.3 Å². The molecule has 3 rings (SSSR count). The van der Waals surface area contributed by atoms with Gasteiger partial charge >= 0.3 is 6.09 Å². The SMILES string of the molecule is CC(C)(C)OC(=O)N1CC2C=C(c3nc(Cl)cnc3C#N)CC2C1. The lowest BCUT2D eigenvalue weighted by Gasteiger charge is -2.24. The van der Waals surface area contributed by atoms with Gasteiger partial charge in [0.05, 0.1) is 6.20 Å². The average molecular weight is 347 g/mol. The average Bonchev–Trinajstić information content (AvgIpc) is 3.03. The first-order valence-corrected chi connectivity index (χ1v) is 8.26. The molecule has 6 nitrogen and oxygen atoms in total. The van der Waals surface area contributed by atoms with Gasteiger partial charge in [0.25, 0.3) is 0 Å². The van der Waals surface area contributed by atoms with E-state index in [0.717, 1.165) is 12.0 Å². The highest BCUT2D eigenvalue weighted by Crippen LogP contribution is 2.41. The molecular formula is C17H19ClN4O2. The number of nitrogens with zero attached hydrogens (tertiary/aromatic N) is 4. The van der Waals surface area contributed by atoms with Crippen molar-refractivity contribution in [2.75, 3.05) is 13.1 Å². The smallest absolute Gasteiger partial charge is 0.410 e. The topological polar surface area (TPSA) is 79.1 Å². The highest BCUT2D eigenvalue weighted by molar-refractivity contribution is 6.29. The van der Waals surface area contributed by atoms with Crippen LogP contribution in [0.3, 0.4) is 0 Å². The Hall–Kier alpha value is -2.13. The first-order valence-electron chi connectivity index (χ1n) is 7.88. The molecule has 1 amide bonds. The van der Waals surface area contributed by atoms with Gasteiger partial charge < -0.3 is 9.64 Å². The number of likely N-dealkylation sites (tertiary alicyclic amines) is 1. The molecule has 1 aliphatic carbocycles. The van der Waals surface area contributed by atoms with Crippen LogP contribution in [-0.4, -0.2) is 39.7 Å². The number of rotatable bonds is 1. The summed E-state index contributed by atoms with van der Waals surface area (Å²) in [6, 6.07) is 2.06. The number of halogens is 1.